The van der Waals surface area contributed by atoms with E-state index in [-0.39, 0.29) is 5.78 Å². The van der Waals surface area contributed by atoms with E-state index in [2.05, 4.69) is 5.10 Å². The molecule has 0 aliphatic rings. The number of aryl methyl sites for hydroxylation is 2. The lowest BCUT2D eigenvalue weighted by molar-refractivity contribution is -0.128. The van der Waals surface area contributed by atoms with Gasteiger partial charge >= 0.3 is 0 Å². The summed E-state index contributed by atoms with van der Waals surface area (Å²) in [5.74, 6) is 0.167. The SMILES string of the molecule is CCC(C)(C(=O)Cc1c(Cl)c(C)nn1C)N(C)C. The molecular formula is C13H22ClN3O. The molecule has 5 heteroatoms. The highest BCUT2D eigenvalue weighted by Crippen LogP contribution is 2.24. The van der Waals surface area contributed by atoms with Gasteiger partial charge in [-0.15, -0.1) is 0 Å². The molecule has 0 saturated carbocycles. The van der Waals surface area contributed by atoms with E-state index in [0.29, 0.717) is 11.4 Å². The first-order chi connectivity index (χ1) is 8.24. The molecule has 1 rings (SSSR count). The first-order valence-electron chi connectivity index (χ1n) is 6.12. The largest absolute Gasteiger partial charge is 0.297 e. The Hall–Kier alpha value is -0.870. The third-order valence-electron chi connectivity index (χ3n) is 3.87. The number of carbonyl (C=O) groups excluding carboxylic acids is 1. The van der Waals surface area contributed by atoms with E-state index in [1.807, 2.05) is 46.8 Å². The van der Waals surface area contributed by atoms with E-state index in [1.165, 1.54) is 0 Å². The van der Waals surface area contributed by atoms with Gasteiger partial charge in [0.2, 0.25) is 0 Å². The van der Waals surface area contributed by atoms with Crippen LogP contribution in [0.5, 0.6) is 0 Å². The minimum atomic E-state index is -0.457. The van der Waals surface area contributed by atoms with Gasteiger partial charge < -0.3 is 0 Å². The molecule has 1 unspecified atom stereocenters. The summed E-state index contributed by atoms with van der Waals surface area (Å²) in [6, 6.07) is 0. The molecule has 0 amide bonds. The second-order valence-corrected chi connectivity index (χ2v) is 5.47. The van der Waals surface area contributed by atoms with Crippen molar-refractivity contribution in [2.45, 2.75) is 39.2 Å². The molecule has 102 valence electrons. The van der Waals surface area contributed by atoms with Crippen molar-refractivity contribution >= 4 is 17.4 Å². The number of carbonyl (C=O) groups is 1. The van der Waals surface area contributed by atoms with Gasteiger partial charge in [-0.1, -0.05) is 18.5 Å². The quantitative estimate of drug-likeness (QED) is 0.824. The molecule has 1 atom stereocenters. The van der Waals surface area contributed by atoms with Crippen LogP contribution < -0.4 is 0 Å². The minimum absolute atomic E-state index is 0.167. The van der Waals surface area contributed by atoms with Gasteiger partial charge in [0.25, 0.3) is 0 Å². The predicted octanol–water partition coefficient (Wildman–Crippen LogP) is 2.22. The number of rotatable bonds is 5. The molecule has 1 aromatic rings. The number of halogens is 1. The number of nitrogens with zero attached hydrogens (tertiary/aromatic N) is 3. The molecule has 1 heterocycles. The number of hydrogen-bond donors (Lipinski definition) is 0. The van der Waals surface area contributed by atoms with E-state index in [0.717, 1.165) is 17.8 Å². The third-order valence-corrected chi connectivity index (χ3v) is 4.36. The Bertz CT molecular complexity index is 453. The third kappa shape index (κ3) is 2.59. The first kappa shape index (κ1) is 15.2. The van der Waals surface area contributed by atoms with Gasteiger partial charge in [-0.25, -0.2) is 0 Å². The van der Waals surface area contributed by atoms with Crippen LogP contribution in [0.1, 0.15) is 31.7 Å². The number of hydrogen-bond acceptors (Lipinski definition) is 3. The number of aromatic nitrogens is 2. The maximum atomic E-state index is 12.5. The van der Waals surface area contributed by atoms with E-state index >= 15 is 0 Å². The minimum Gasteiger partial charge on any atom is -0.297 e. The normalized spacial score (nSPS) is 14.9. The highest BCUT2D eigenvalue weighted by Gasteiger charge is 2.34. The zero-order valence-corrected chi connectivity index (χ0v) is 12.8. The van der Waals surface area contributed by atoms with Crippen molar-refractivity contribution in [2.75, 3.05) is 14.1 Å². The number of ketones is 1. The number of Topliss-reactive ketones (excluding diaryl/α,β-unsaturated/α-hetero) is 1. The summed E-state index contributed by atoms with van der Waals surface area (Å²) in [6.07, 6.45) is 1.09. The smallest absolute Gasteiger partial charge is 0.158 e. The van der Waals surface area contributed by atoms with Crippen LogP contribution in [0, 0.1) is 6.92 Å². The Morgan fingerprint density at radius 2 is 2.06 bits per heavy atom. The summed E-state index contributed by atoms with van der Waals surface area (Å²) >= 11 is 6.18. The van der Waals surface area contributed by atoms with Crippen LogP contribution in [0.2, 0.25) is 5.02 Å². The van der Waals surface area contributed by atoms with Gasteiger partial charge in [0, 0.05) is 7.05 Å². The van der Waals surface area contributed by atoms with E-state index in [1.54, 1.807) is 4.68 Å². The number of likely N-dealkylation sites (N-methyl/N-ethyl adjacent to an activating group) is 1. The molecule has 0 N–H and O–H groups in total. The highest BCUT2D eigenvalue weighted by molar-refractivity contribution is 6.32. The van der Waals surface area contributed by atoms with Gasteiger partial charge in [-0.3, -0.25) is 14.4 Å². The maximum absolute atomic E-state index is 12.5. The second kappa shape index (κ2) is 5.41. The van der Waals surface area contributed by atoms with Gasteiger partial charge in [-0.2, -0.15) is 5.10 Å². The van der Waals surface area contributed by atoms with Crippen LogP contribution >= 0.6 is 11.6 Å². The van der Waals surface area contributed by atoms with Crippen molar-refractivity contribution in [1.29, 1.82) is 0 Å². The predicted molar refractivity (Wildman–Crippen MR) is 74.0 cm³/mol. The van der Waals surface area contributed by atoms with Crippen molar-refractivity contribution in [3.63, 3.8) is 0 Å². The summed E-state index contributed by atoms with van der Waals surface area (Å²) < 4.78 is 1.70. The van der Waals surface area contributed by atoms with Gasteiger partial charge in [0.05, 0.1) is 28.4 Å². The van der Waals surface area contributed by atoms with E-state index in [9.17, 15) is 4.79 Å². The van der Waals surface area contributed by atoms with Crippen molar-refractivity contribution in [2.24, 2.45) is 7.05 Å². The standard InChI is InChI=1S/C13H22ClN3O/c1-7-13(3,16(4)5)11(18)8-10-12(14)9(2)15-17(10)6/h7-8H2,1-6H3. The molecule has 18 heavy (non-hydrogen) atoms. The Balaban J connectivity index is 3.01. The molecule has 0 bridgehead atoms. The van der Waals surface area contributed by atoms with Gasteiger partial charge in [0.15, 0.2) is 5.78 Å². The average molecular weight is 272 g/mol. The molecule has 0 aromatic carbocycles. The topological polar surface area (TPSA) is 38.1 Å². The lowest BCUT2D eigenvalue weighted by Gasteiger charge is -2.34. The zero-order valence-electron chi connectivity index (χ0n) is 12.0. The fraction of sp³-hybridized carbons (Fsp3) is 0.692. The maximum Gasteiger partial charge on any atom is 0.158 e. The Morgan fingerprint density at radius 1 is 1.50 bits per heavy atom. The van der Waals surface area contributed by atoms with Crippen LogP contribution in [-0.4, -0.2) is 40.1 Å². The van der Waals surface area contributed by atoms with Crippen LogP contribution in [0.3, 0.4) is 0 Å². The molecule has 1 aromatic heterocycles. The fourth-order valence-corrected chi connectivity index (χ4v) is 2.20. The second-order valence-electron chi connectivity index (χ2n) is 5.09. The molecule has 0 spiro atoms. The lowest BCUT2D eigenvalue weighted by atomic mass is 9.89. The highest BCUT2D eigenvalue weighted by atomic mass is 35.5. The molecule has 4 nitrogen and oxygen atoms in total. The van der Waals surface area contributed by atoms with Gasteiger partial charge in [0.1, 0.15) is 0 Å². The fourth-order valence-electron chi connectivity index (χ4n) is 1.98. The van der Waals surface area contributed by atoms with Crippen LogP contribution in [0.4, 0.5) is 0 Å². The van der Waals surface area contributed by atoms with Crippen molar-refractivity contribution in [3.8, 4) is 0 Å². The average Bonchev–Trinajstić information content (AvgIpc) is 2.54. The van der Waals surface area contributed by atoms with Crippen molar-refractivity contribution in [1.82, 2.24) is 14.7 Å². The summed E-state index contributed by atoms with van der Waals surface area (Å²) in [4.78, 5) is 14.4. The Morgan fingerprint density at radius 3 is 2.39 bits per heavy atom. The lowest BCUT2D eigenvalue weighted by Crippen LogP contribution is -2.48. The molecule has 0 radical (unpaired) electrons. The van der Waals surface area contributed by atoms with Gasteiger partial charge in [-0.05, 0) is 34.4 Å². The summed E-state index contributed by atoms with van der Waals surface area (Å²) in [5, 5.41) is 4.84. The van der Waals surface area contributed by atoms with Crippen LogP contribution in [0.25, 0.3) is 0 Å². The Labute approximate surface area is 114 Å². The van der Waals surface area contributed by atoms with Crippen molar-refractivity contribution < 1.29 is 4.79 Å². The molecule has 0 fully saturated rings. The monoisotopic (exact) mass is 271 g/mol. The Kier molecular flexibility index (Phi) is 4.56. The summed E-state index contributed by atoms with van der Waals surface area (Å²) in [5.41, 5.74) is 1.10. The zero-order chi connectivity index (χ0) is 14.1. The van der Waals surface area contributed by atoms with Crippen LogP contribution in [-0.2, 0) is 18.3 Å². The van der Waals surface area contributed by atoms with Crippen LogP contribution in [0.15, 0.2) is 0 Å². The molecule has 0 aliphatic heterocycles. The van der Waals surface area contributed by atoms with E-state index < -0.39 is 5.54 Å². The molecule has 0 saturated heterocycles. The van der Waals surface area contributed by atoms with E-state index in [4.69, 9.17) is 11.6 Å². The first-order valence-corrected chi connectivity index (χ1v) is 6.50. The molecule has 0 aliphatic carbocycles. The summed E-state index contributed by atoms with van der Waals surface area (Å²) in [7, 11) is 5.68. The van der Waals surface area contributed by atoms with Crippen molar-refractivity contribution in [3.05, 3.63) is 16.4 Å². The molecular weight excluding hydrogens is 250 g/mol. The summed E-state index contributed by atoms with van der Waals surface area (Å²) in [6.45, 7) is 5.84.